The van der Waals surface area contributed by atoms with Gasteiger partial charge in [0.25, 0.3) is 5.91 Å². The zero-order valence-electron chi connectivity index (χ0n) is 16.9. The largest absolute Gasteiger partial charge is 0.351 e. The van der Waals surface area contributed by atoms with Crippen molar-refractivity contribution in [2.24, 2.45) is 0 Å². The highest BCUT2D eigenvalue weighted by molar-refractivity contribution is 6.31. The van der Waals surface area contributed by atoms with E-state index < -0.39 is 11.9 Å². The summed E-state index contributed by atoms with van der Waals surface area (Å²) in [5.41, 5.74) is 1.86. The third kappa shape index (κ3) is 4.36. The van der Waals surface area contributed by atoms with Crippen LogP contribution in [0.5, 0.6) is 0 Å². The first-order chi connectivity index (χ1) is 14.5. The average molecular weight is 429 g/mol. The Labute approximate surface area is 181 Å². The fraction of sp³-hybridized carbons (Fsp3) is 0.417. The Balaban J connectivity index is 1.59. The Bertz CT molecular complexity index is 941. The molecule has 6 heteroatoms. The number of carbonyl (C=O) groups excluding carboxylic acids is 2. The Morgan fingerprint density at radius 3 is 2.50 bits per heavy atom. The maximum Gasteiger partial charge on any atom is 0.255 e. The fourth-order valence-electron chi connectivity index (χ4n) is 4.53. The molecule has 0 radical (unpaired) electrons. The normalized spacial score (nSPS) is 19.9. The van der Waals surface area contributed by atoms with E-state index in [1.807, 2.05) is 12.1 Å². The highest BCUT2D eigenvalue weighted by Crippen LogP contribution is 2.36. The van der Waals surface area contributed by atoms with E-state index in [0.29, 0.717) is 16.7 Å². The zero-order chi connectivity index (χ0) is 21.1. The van der Waals surface area contributed by atoms with Crippen LogP contribution < -0.4 is 5.32 Å². The Morgan fingerprint density at radius 2 is 1.77 bits per heavy atom. The monoisotopic (exact) mass is 428 g/mol. The third-order valence-electron chi connectivity index (χ3n) is 6.11. The van der Waals surface area contributed by atoms with Gasteiger partial charge in [0.15, 0.2) is 0 Å². The lowest BCUT2D eigenvalue weighted by Crippen LogP contribution is -2.43. The van der Waals surface area contributed by atoms with Gasteiger partial charge in [-0.05, 0) is 42.2 Å². The summed E-state index contributed by atoms with van der Waals surface area (Å²) in [4.78, 5) is 28.0. The molecule has 30 heavy (non-hydrogen) atoms. The Hall–Kier alpha value is -2.40. The SMILES string of the molecule is O=C(NC1CCCCCCC1)[C@H]1c2ccccc2C(=O)N1Cc1ccc(F)cc1Cl. The number of halogens is 2. The number of nitrogens with one attached hydrogen (secondary N) is 1. The summed E-state index contributed by atoms with van der Waals surface area (Å²) < 4.78 is 13.5. The molecule has 4 rings (SSSR count). The van der Waals surface area contributed by atoms with Crippen LogP contribution in [0, 0.1) is 5.82 Å². The van der Waals surface area contributed by atoms with E-state index in [4.69, 9.17) is 11.6 Å². The number of hydrogen-bond acceptors (Lipinski definition) is 2. The molecule has 0 spiro atoms. The molecule has 0 aromatic heterocycles. The second-order valence-corrected chi connectivity index (χ2v) is 8.62. The van der Waals surface area contributed by atoms with Crippen molar-refractivity contribution in [3.05, 3.63) is 70.0 Å². The fourth-order valence-corrected chi connectivity index (χ4v) is 4.76. The molecule has 0 saturated heterocycles. The van der Waals surface area contributed by atoms with E-state index in [1.165, 1.54) is 31.4 Å². The van der Waals surface area contributed by atoms with Crippen LogP contribution in [-0.4, -0.2) is 22.8 Å². The standard InChI is InChI=1S/C24H26ClFN2O2/c25-21-14-17(26)13-12-16(21)15-28-22(19-10-6-7-11-20(19)24(28)30)23(29)27-18-8-4-2-1-3-5-9-18/h6-7,10-14,18,22H,1-5,8-9,15H2,(H,27,29)/t22-/m1/s1. The maximum atomic E-state index is 13.5. The first-order valence-corrected chi connectivity index (χ1v) is 11.1. The molecule has 2 aromatic rings. The number of benzene rings is 2. The lowest BCUT2D eigenvalue weighted by atomic mass is 9.96. The number of hydrogen-bond donors (Lipinski definition) is 1. The van der Waals surface area contributed by atoms with Gasteiger partial charge >= 0.3 is 0 Å². The molecular weight excluding hydrogens is 403 g/mol. The molecule has 1 saturated carbocycles. The molecular formula is C24H26ClFN2O2. The Morgan fingerprint density at radius 1 is 1.07 bits per heavy atom. The number of rotatable bonds is 4. The number of amides is 2. The summed E-state index contributed by atoms with van der Waals surface area (Å²) in [6, 6.07) is 10.8. The third-order valence-corrected chi connectivity index (χ3v) is 6.47. The quantitative estimate of drug-likeness (QED) is 0.708. The van der Waals surface area contributed by atoms with Gasteiger partial charge in [0.1, 0.15) is 11.9 Å². The van der Waals surface area contributed by atoms with E-state index in [0.717, 1.165) is 25.7 Å². The van der Waals surface area contributed by atoms with Crippen molar-refractivity contribution < 1.29 is 14.0 Å². The van der Waals surface area contributed by atoms with Crippen molar-refractivity contribution in [3.8, 4) is 0 Å². The van der Waals surface area contributed by atoms with Gasteiger partial charge in [-0.15, -0.1) is 0 Å². The van der Waals surface area contributed by atoms with Crippen LogP contribution in [0.15, 0.2) is 42.5 Å². The first kappa shape index (κ1) is 20.9. The molecule has 2 aliphatic rings. The summed E-state index contributed by atoms with van der Waals surface area (Å²) in [6.07, 6.45) is 7.83. The summed E-state index contributed by atoms with van der Waals surface area (Å²) in [5, 5.41) is 3.45. The maximum absolute atomic E-state index is 13.5. The average Bonchev–Trinajstić information content (AvgIpc) is 2.98. The molecule has 2 aromatic carbocycles. The lowest BCUT2D eigenvalue weighted by Gasteiger charge is -2.28. The molecule has 1 atom stereocenters. The van der Waals surface area contributed by atoms with Crippen LogP contribution >= 0.6 is 11.6 Å². The molecule has 2 amide bonds. The van der Waals surface area contributed by atoms with E-state index in [1.54, 1.807) is 23.1 Å². The van der Waals surface area contributed by atoms with Gasteiger partial charge < -0.3 is 10.2 Å². The molecule has 1 fully saturated rings. The minimum absolute atomic E-state index is 0.136. The van der Waals surface area contributed by atoms with Crippen molar-refractivity contribution in [1.82, 2.24) is 10.2 Å². The molecule has 1 N–H and O–H groups in total. The van der Waals surface area contributed by atoms with E-state index >= 15 is 0 Å². The number of fused-ring (bicyclic) bond motifs is 1. The number of carbonyl (C=O) groups is 2. The zero-order valence-corrected chi connectivity index (χ0v) is 17.6. The molecule has 1 heterocycles. The molecule has 4 nitrogen and oxygen atoms in total. The summed E-state index contributed by atoms with van der Waals surface area (Å²) >= 11 is 6.20. The summed E-state index contributed by atoms with van der Waals surface area (Å²) in [7, 11) is 0. The van der Waals surface area contributed by atoms with Gasteiger partial charge in [-0.1, -0.05) is 68.0 Å². The van der Waals surface area contributed by atoms with E-state index in [9.17, 15) is 14.0 Å². The second-order valence-electron chi connectivity index (χ2n) is 8.21. The van der Waals surface area contributed by atoms with Gasteiger partial charge in [-0.3, -0.25) is 9.59 Å². The smallest absolute Gasteiger partial charge is 0.255 e. The van der Waals surface area contributed by atoms with E-state index in [-0.39, 0.29) is 29.4 Å². The topological polar surface area (TPSA) is 49.4 Å². The number of nitrogens with zero attached hydrogens (tertiary/aromatic N) is 1. The van der Waals surface area contributed by atoms with Crippen LogP contribution in [-0.2, 0) is 11.3 Å². The predicted octanol–water partition coefficient (Wildman–Crippen LogP) is 5.41. The summed E-state index contributed by atoms with van der Waals surface area (Å²) in [6.45, 7) is 0.148. The van der Waals surface area contributed by atoms with Gasteiger partial charge in [-0.25, -0.2) is 4.39 Å². The molecule has 1 aliphatic heterocycles. The lowest BCUT2D eigenvalue weighted by molar-refractivity contribution is -0.126. The molecule has 1 aliphatic carbocycles. The highest BCUT2D eigenvalue weighted by atomic mass is 35.5. The van der Waals surface area contributed by atoms with E-state index in [2.05, 4.69) is 5.32 Å². The van der Waals surface area contributed by atoms with Gasteiger partial charge in [-0.2, -0.15) is 0 Å². The van der Waals surface area contributed by atoms with Crippen LogP contribution in [0.4, 0.5) is 4.39 Å². The van der Waals surface area contributed by atoms with Crippen LogP contribution in [0.1, 0.15) is 72.5 Å². The van der Waals surface area contributed by atoms with Crippen molar-refractivity contribution in [1.29, 1.82) is 0 Å². The summed E-state index contributed by atoms with van der Waals surface area (Å²) in [5.74, 6) is -0.792. The molecule has 0 unspecified atom stereocenters. The molecule has 0 bridgehead atoms. The van der Waals surface area contributed by atoms with Crippen molar-refractivity contribution in [2.75, 3.05) is 0 Å². The van der Waals surface area contributed by atoms with Crippen molar-refractivity contribution in [3.63, 3.8) is 0 Å². The van der Waals surface area contributed by atoms with Crippen molar-refractivity contribution >= 4 is 23.4 Å². The first-order valence-electron chi connectivity index (χ1n) is 10.7. The molecule has 158 valence electrons. The Kier molecular flexibility index (Phi) is 6.38. The van der Waals surface area contributed by atoms with Gasteiger partial charge in [0.05, 0.1) is 0 Å². The minimum Gasteiger partial charge on any atom is -0.351 e. The van der Waals surface area contributed by atoms with Gasteiger partial charge in [0, 0.05) is 23.2 Å². The van der Waals surface area contributed by atoms with Crippen molar-refractivity contribution in [2.45, 2.75) is 63.6 Å². The van der Waals surface area contributed by atoms with Crippen LogP contribution in [0.3, 0.4) is 0 Å². The van der Waals surface area contributed by atoms with Crippen LogP contribution in [0.2, 0.25) is 5.02 Å². The predicted molar refractivity (Wildman–Crippen MR) is 115 cm³/mol. The highest BCUT2D eigenvalue weighted by Gasteiger charge is 2.41. The van der Waals surface area contributed by atoms with Crippen LogP contribution in [0.25, 0.3) is 0 Å². The van der Waals surface area contributed by atoms with Gasteiger partial charge in [0.2, 0.25) is 5.91 Å². The minimum atomic E-state index is -0.708. The second kappa shape index (κ2) is 9.17.